The summed E-state index contributed by atoms with van der Waals surface area (Å²) in [7, 11) is 5.13. The summed E-state index contributed by atoms with van der Waals surface area (Å²) in [6.07, 6.45) is 2.25. The van der Waals surface area contributed by atoms with E-state index in [1.54, 1.807) is 67.4 Å². The van der Waals surface area contributed by atoms with Crippen LogP contribution in [0.15, 0.2) is 58.8 Å². The maximum atomic E-state index is 15.1. The molecule has 0 aromatic heterocycles. The Kier molecular flexibility index (Phi) is 24.4. The number of hydrogen-bond acceptors (Lipinski definition) is 10. The highest BCUT2D eigenvalue weighted by Gasteiger charge is 2.57. The number of hydrogen-bond donors (Lipinski definition) is 1. The lowest BCUT2D eigenvalue weighted by Gasteiger charge is -2.55. The van der Waals surface area contributed by atoms with E-state index in [2.05, 4.69) is 132 Å². The van der Waals surface area contributed by atoms with Crippen molar-refractivity contribution in [2.45, 2.75) is 123 Å². The third kappa shape index (κ3) is 16.6. The number of carbonyl (C=O) groups excluding carboxylic acids is 4. The lowest BCUT2D eigenvalue weighted by Crippen LogP contribution is -2.56. The van der Waals surface area contributed by atoms with Crippen molar-refractivity contribution in [1.82, 2.24) is 14.7 Å². The Morgan fingerprint density at radius 2 is 1.29 bits per heavy atom. The molecule has 2 aromatic carbocycles. The zero-order chi connectivity index (χ0) is 51.8. The molecule has 0 aliphatic rings. The molecule has 0 spiro atoms. The van der Waals surface area contributed by atoms with Gasteiger partial charge in [-0.1, -0.05) is 121 Å². The van der Waals surface area contributed by atoms with Gasteiger partial charge >= 0.3 is 5.97 Å². The summed E-state index contributed by atoms with van der Waals surface area (Å²) in [5.41, 5.74) is -0.870. The second kappa shape index (κ2) is 27.1. The summed E-state index contributed by atoms with van der Waals surface area (Å²) >= 11 is 4.78. The number of aliphatic hydroxyl groups excluding tert-OH is 1. The van der Waals surface area contributed by atoms with E-state index in [0.29, 0.717) is 68.3 Å². The van der Waals surface area contributed by atoms with Crippen LogP contribution in [0.3, 0.4) is 0 Å². The number of amides is 3. The average Bonchev–Trinajstić information content (AvgIpc) is 3.28. The maximum absolute atomic E-state index is 15.1. The minimum atomic E-state index is -0.899. The summed E-state index contributed by atoms with van der Waals surface area (Å²) < 4.78 is 16.1. The molecule has 0 saturated heterocycles. The largest absolute Gasteiger partial charge is 0.491 e. The van der Waals surface area contributed by atoms with E-state index in [4.69, 9.17) is 14.2 Å². The second-order valence-corrected chi connectivity index (χ2v) is 25.7. The van der Waals surface area contributed by atoms with Gasteiger partial charge in [0.25, 0.3) is 0 Å². The smallest absolute Gasteiger partial charge is 0.338 e. The second-order valence-electron chi connectivity index (χ2n) is 20.8. The quantitative estimate of drug-likeness (QED) is 0.0278. The van der Waals surface area contributed by atoms with Crippen LogP contribution in [0, 0.1) is 39.4 Å². The van der Waals surface area contributed by atoms with Crippen molar-refractivity contribution in [3.8, 4) is 5.75 Å². The molecule has 68 heavy (non-hydrogen) atoms. The Balaban J connectivity index is 2.34. The average molecular weight is 1170 g/mol. The fourth-order valence-electron chi connectivity index (χ4n) is 9.34. The standard InChI is InChI=1S/C53H85I2N5O8/c1-17-53(48(65)59(15)28-30-61,36-50(8,9)51(10,11)43(34-37(4)54)46(63)60(18-2)19-3)38(5)49(6,7)35-44(52(12,13)55)45(62)58(14)29-31-68-47(64)39-20-22-40(23-21-39)56-57-41-24-26-42(27-25-41)67-33-32-66-16/h20-27,37-38,43-44,61H,17-19,28-36H2,1-16H3/t37?,38-,43?,44?,53?/m1/s1. The van der Waals surface area contributed by atoms with Gasteiger partial charge in [-0.2, -0.15) is 10.2 Å². The number of likely N-dealkylation sites (N-methyl/N-ethyl adjacent to an activating group) is 2. The zero-order valence-corrected chi connectivity index (χ0v) is 48.5. The highest BCUT2D eigenvalue weighted by Crippen LogP contribution is 2.59. The summed E-state index contributed by atoms with van der Waals surface area (Å²) in [5.74, 6) is -0.689. The first-order valence-electron chi connectivity index (χ1n) is 24.2. The van der Waals surface area contributed by atoms with Crippen LogP contribution < -0.4 is 4.74 Å². The lowest BCUT2D eigenvalue weighted by molar-refractivity contribution is -0.158. The molecule has 0 saturated carbocycles. The molecule has 0 aliphatic heterocycles. The number of carbonyl (C=O) groups is 4. The van der Waals surface area contributed by atoms with E-state index >= 15 is 4.79 Å². The normalized spacial score (nSPS) is 15.2. The molecular weight excluding hydrogens is 1090 g/mol. The SMILES string of the molecule is CCN(CC)C(=O)C(CC(C)I)C(C)(C)C(C)(C)CC(CC)(C(=O)N(C)CCO)[C@H](C)C(C)(C)CC(C(=O)N(C)CCOC(=O)c1ccc(N=Nc2ccc(OCCOC)cc2)cc1)C(C)(C)I. The first-order chi connectivity index (χ1) is 31.6. The molecule has 13 nitrogen and oxygen atoms in total. The molecule has 0 heterocycles. The molecule has 5 atom stereocenters. The van der Waals surface area contributed by atoms with Crippen LogP contribution in [0.4, 0.5) is 11.4 Å². The third-order valence-corrected chi connectivity index (χ3v) is 16.1. The van der Waals surface area contributed by atoms with Gasteiger partial charge < -0.3 is 34.0 Å². The van der Waals surface area contributed by atoms with Crippen LogP contribution in [-0.2, 0) is 23.9 Å². The monoisotopic (exact) mass is 1170 g/mol. The maximum Gasteiger partial charge on any atom is 0.338 e. The molecule has 384 valence electrons. The van der Waals surface area contributed by atoms with Crippen molar-refractivity contribution < 1.29 is 38.5 Å². The number of rotatable bonds is 29. The number of alkyl halides is 2. The van der Waals surface area contributed by atoms with Gasteiger partial charge in [0.2, 0.25) is 17.7 Å². The number of azo groups is 1. The number of aliphatic hydroxyl groups is 1. The molecule has 0 fully saturated rings. The first kappa shape index (κ1) is 61.2. The van der Waals surface area contributed by atoms with Crippen molar-refractivity contribution in [2.24, 2.45) is 49.6 Å². The summed E-state index contributed by atoms with van der Waals surface area (Å²) in [6.45, 7) is 30.2. The van der Waals surface area contributed by atoms with E-state index < -0.39 is 37.0 Å². The highest BCUT2D eigenvalue weighted by atomic mass is 127. The van der Waals surface area contributed by atoms with Crippen LogP contribution >= 0.6 is 45.2 Å². The first-order valence-corrected chi connectivity index (χ1v) is 26.6. The molecule has 2 rings (SSSR count). The van der Waals surface area contributed by atoms with E-state index in [9.17, 15) is 19.5 Å². The van der Waals surface area contributed by atoms with Gasteiger partial charge in [0.1, 0.15) is 19.0 Å². The highest BCUT2D eigenvalue weighted by molar-refractivity contribution is 14.1. The van der Waals surface area contributed by atoms with Crippen LogP contribution in [0.2, 0.25) is 0 Å². The Morgan fingerprint density at radius 3 is 1.76 bits per heavy atom. The Morgan fingerprint density at radius 1 is 0.750 bits per heavy atom. The van der Waals surface area contributed by atoms with E-state index in [1.165, 1.54) is 0 Å². The predicted octanol–water partition coefficient (Wildman–Crippen LogP) is 11.6. The third-order valence-electron chi connectivity index (χ3n) is 14.8. The van der Waals surface area contributed by atoms with Crippen LogP contribution in [0.25, 0.3) is 0 Å². The van der Waals surface area contributed by atoms with Crippen molar-refractivity contribution in [3.05, 3.63) is 54.1 Å². The van der Waals surface area contributed by atoms with Crippen LogP contribution in [0.5, 0.6) is 5.75 Å². The van der Waals surface area contributed by atoms with Gasteiger partial charge in [-0.25, -0.2) is 4.79 Å². The van der Waals surface area contributed by atoms with Gasteiger partial charge in [-0.05, 0) is 110 Å². The van der Waals surface area contributed by atoms with Gasteiger partial charge in [0.05, 0.1) is 48.0 Å². The molecule has 0 radical (unpaired) electrons. The zero-order valence-electron chi connectivity index (χ0n) is 44.2. The molecule has 0 aliphatic carbocycles. The molecule has 3 amide bonds. The van der Waals surface area contributed by atoms with Gasteiger partial charge in [0, 0.05) is 54.1 Å². The van der Waals surface area contributed by atoms with E-state index in [1.807, 2.05) is 30.9 Å². The van der Waals surface area contributed by atoms with Crippen molar-refractivity contribution >= 4 is 80.2 Å². The van der Waals surface area contributed by atoms with E-state index in [-0.39, 0.29) is 59.8 Å². The summed E-state index contributed by atoms with van der Waals surface area (Å²) in [5, 5.41) is 18.6. The summed E-state index contributed by atoms with van der Waals surface area (Å²) in [4.78, 5) is 62.3. The van der Waals surface area contributed by atoms with Gasteiger partial charge in [0.15, 0.2) is 0 Å². The minimum absolute atomic E-state index is 0.00547. The topological polar surface area (TPSA) is 151 Å². The lowest BCUT2D eigenvalue weighted by atomic mass is 9.50. The van der Waals surface area contributed by atoms with Gasteiger partial charge in [-0.3, -0.25) is 14.4 Å². The Hall–Kier alpha value is -2.90. The van der Waals surface area contributed by atoms with Crippen LogP contribution in [0.1, 0.15) is 126 Å². The molecule has 15 heteroatoms. The number of benzene rings is 2. The molecule has 1 N–H and O–H groups in total. The number of nitrogens with zero attached hydrogens (tertiary/aromatic N) is 5. The van der Waals surface area contributed by atoms with Gasteiger partial charge in [-0.15, -0.1) is 0 Å². The molecule has 0 bridgehead atoms. The molecular formula is C53H85I2N5O8. The summed E-state index contributed by atoms with van der Waals surface area (Å²) in [6, 6.07) is 13.9. The molecule has 2 aromatic rings. The number of ether oxygens (including phenoxy) is 3. The van der Waals surface area contributed by atoms with Crippen molar-refractivity contribution in [2.75, 3.05) is 73.8 Å². The Bertz CT molecular complexity index is 1930. The van der Waals surface area contributed by atoms with Crippen molar-refractivity contribution in [1.29, 1.82) is 0 Å². The number of methoxy groups -OCH3 is 1. The minimum Gasteiger partial charge on any atom is -0.491 e. The molecule has 4 unspecified atom stereocenters. The van der Waals surface area contributed by atoms with E-state index in [0.717, 1.165) is 6.42 Å². The number of halogens is 2. The fourth-order valence-corrected chi connectivity index (χ4v) is 10.3. The Labute approximate surface area is 436 Å². The van der Waals surface area contributed by atoms with Crippen molar-refractivity contribution in [3.63, 3.8) is 0 Å². The number of esters is 1. The predicted molar refractivity (Wildman–Crippen MR) is 291 cm³/mol. The fraction of sp³-hybridized carbons (Fsp3) is 0.698. The van der Waals surface area contributed by atoms with Crippen LogP contribution in [-0.4, -0.2) is 125 Å².